The summed E-state index contributed by atoms with van der Waals surface area (Å²) in [6.07, 6.45) is 4.02. The molecule has 0 aromatic rings. The maximum atomic E-state index is 10.8. The van der Waals surface area contributed by atoms with E-state index in [1.165, 1.54) is 0 Å². The Morgan fingerprint density at radius 1 is 0.941 bits per heavy atom. The van der Waals surface area contributed by atoms with Crippen LogP contribution in [-0.2, 0) is 0 Å². The van der Waals surface area contributed by atoms with Crippen LogP contribution in [0.1, 0.15) is 68.2 Å². The summed E-state index contributed by atoms with van der Waals surface area (Å²) >= 11 is 0. The largest absolute Gasteiger partial charge is 0.393 e. The van der Waals surface area contributed by atoms with Crippen molar-refractivity contribution in [2.75, 3.05) is 0 Å². The van der Waals surface area contributed by atoms with Gasteiger partial charge in [0.1, 0.15) is 0 Å². The molecule has 0 amide bonds. The SMILES string of the molecule is C[CH]CC(C(O)C(CC)C(C)(C)C)C(C)(C)C. The first-order valence-corrected chi connectivity index (χ1v) is 7.01. The third-order valence-corrected chi connectivity index (χ3v) is 3.98. The number of rotatable bonds is 5. The molecule has 17 heavy (non-hydrogen) atoms. The van der Waals surface area contributed by atoms with Crippen LogP contribution in [-0.4, -0.2) is 11.2 Å². The van der Waals surface area contributed by atoms with Crippen LogP contribution in [0.5, 0.6) is 0 Å². The predicted molar refractivity (Wildman–Crippen MR) is 76.8 cm³/mol. The zero-order valence-corrected chi connectivity index (χ0v) is 13.2. The maximum absolute atomic E-state index is 10.8. The zero-order valence-electron chi connectivity index (χ0n) is 13.2. The molecular weight excluding hydrogens is 208 g/mol. The van der Waals surface area contributed by atoms with E-state index in [2.05, 4.69) is 61.8 Å². The number of hydrogen-bond donors (Lipinski definition) is 1. The first-order chi connectivity index (χ1) is 7.55. The molecule has 0 aliphatic heterocycles. The van der Waals surface area contributed by atoms with Gasteiger partial charge in [0.15, 0.2) is 0 Å². The van der Waals surface area contributed by atoms with Crippen molar-refractivity contribution >= 4 is 0 Å². The lowest BCUT2D eigenvalue weighted by Gasteiger charge is -2.42. The Morgan fingerprint density at radius 2 is 1.35 bits per heavy atom. The van der Waals surface area contributed by atoms with Crippen molar-refractivity contribution in [1.29, 1.82) is 0 Å². The van der Waals surface area contributed by atoms with Crippen LogP contribution in [0, 0.1) is 29.1 Å². The second-order valence-corrected chi connectivity index (χ2v) is 7.49. The van der Waals surface area contributed by atoms with Gasteiger partial charge < -0.3 is 5.11 Å². The Kier molecular flexibility index (Phi) is 6.21. The van der Waals surface area contributed by atoms with Crippen molar-refractivity contribution in [3.05, 3.63) is 6.42 Å². The van der Waals surface area contributed by atoms with Crippen molar-refractivity contribution in [2.24, 2.45) is 22.7 Å². The third kappa shape index (κ3) is 4.99. The molecule has 1 N–H and O–H groups in total. The number of aliphatic hydroxyl groups excluding tert-OH is 1. The normalized spacial score (nSPS) is 18.9. The molecule has 1 nitrogen and oxygen atoms in total. The number of aliphatic hydroxyl groups is 1. The van der Waals surface area contributed by atoms with Gasteiger partial charge in [0.25, 0.3) is 0 Å². The molecule has 0 bridgehead atoms. The smallest absolute Gasteiger partial charge is 0.0606 e. The van der Waals surface area contributed by atoms with Gasteiger partial charge in [-0.15, -0.1) is 0 Å². The summed E-state index contributed by atoms with van der Waals surface area (Å²) in [5.41, 5.74) is 0.329. The molecule has 0 heterocycles. The lowest BCUT2D eigenvalue weighted by atomic mass is 9.65. The van der Waals surface area contributed by atoms with Gasteiger partial charge in [-0.05, 0) is 35.5 Å². The first-order valence-electron chi connectivity index (χ1n) is 7.01. The van der Waals surface area contributed by atoms with Gasteiger partial charge in [0, 0.05) is 0 Å². The van der Waals surface area contributed by atoms with E-state index in [4.69, 9.17) is 0 Å². The van der Waals surface area contributed by atoms with E-state index >= 15 is 0 Å². The molecule has 0 aliphatic carbocycles. The Bertz CT molecular complexity index is 207. The van der Waals surface area contributed by atoms with E-state index in [1.54, 1.807) is 0 Å². The van der Waals surface area contributed by atoms with Crippen LogP contribution >= 0.6 is 0 Å². The van der Waals surface area contributed by atoms with Gasteiger partial charge in [-0.1, -0.05) is 61.8 Å². The molecule has 0 aliphatic rings. The fraction of sp³-hybridized carbons (Fsp3) is 0.938. The second-order valence-electron chi connectivity index (χ2n) is 7.49. The van der Waals surface area contributed by atoms with Crippen LogP contribution in [0.3, 0.4) is 0 Å². The van der Waals surface area contributed by atoms with Crippen molar-refractivity contribution in [1.82, 2.24) is 0 Å². The van der Waals surface area contributed by atoms with Crippen LogP contribution in [0.25, 0.3) is 0 Å². The fourth-order valence-electron chi connectivity index (χ4n) is 2.91. The molecule has 0 spiro atoms. The van der Waals surface area contributed by atoms with E-state index in [9.17, 15) is 5.11 Å². The minimum atomic E-state index is -0.212. The lowest BCUT2D eigenvalue weighted by Crippen LogP contribution is -2.42. The Balaban J connectivity index is 4.99. The minimum Gasteiger partial charge on any atom is -0.393 e. The highest BCUT2D eigenvalue weighted by Gasteiger charge is 2.38. The minimum absolute atomic E-state index is 0.157. The highest BCUT2D eigenvalue weighted by Crippen LogP contribution is 2.41. The zero-order chi connectivity index (χ0) is 13.9. The van der Waals surface area contributed by atoms with Gasteiger partial charge in [-0.3, -0.25) is 0 Å². The maximum Gasteiger partial charge on any atom is 0.0606 e. The molecule has 1 radical (unpaired) electrons. The van der Waals surface area contributed by atoms with Crippen molar-refractivity contribution < 1.29 is 5.11 Å². The molecule has 0 saturated carbocycles. The van der Waals surface area contributed by atoms with Crippen molar-refractivity contribution in [3.63, 3.8) is 0 Å². The van der Waals surface area contributed by atoms with E-state index in [1.807, 2.05) is 0 Å². The van der Waals surface area contributed by atoms with Gasteiger partial charge >= 0.3 is 0 Å². The Labute approximate surface area is 109 Å². The van der Waals surface area contributed by atoms with Crippen LogP contribution in [0.2, 0.25) is 0 Å². The van der Waals surface area contributed by atoms with Gasteiger partial charge in [0.05, 0.1) is 6.10 Å². The summed E-state index contributed by atoms with van der Waals surface area (Å²) in [7, 11) is 0. The van der Waals surface area contributed by atoms with E-state index in [0.29, 0.717) is 11.8 Å². The quantitative estimate of drug-likeness (QED) is 0.740. The standard InChI is InChI=1S/C16H33O/c1-9-11-13(16(6,7)8)14(17)12(10-2)15(3,4)5/h9,12-14,17H,10-11H2,1-8H3. The summed E-state index contributed by atoms with van der Waals surface area (Å²) < 4.78 is 0. The van der Waals surface area contributed by atoms with Crippen molar-refractivity contribution in [3.8, 4) is 0 Å². The predicted octanol–water partition coefficient (Wildman–Crippen LogP) is 4.70. The second kappa shape index (κ2) is 6.22. The molecular formula is C16H33O. The van der Waals surface area contributed by atoms with Crippen LogP contribution in [0.4, 0.5) is 0 Å². The van der Waals surface area contributed by atoms with E-state index < -0.39 is 0 Å². The van der Waals surface area contributed by atoms with Gasteiger partial charge in [-0.2, -0.15) is 0 Å². The Morgan fingerprint density at radius 3 is 1.59 bits per heavy atom. The number of hydrogen-bond acceptors (Lipinski definition) is 1. The molecule has 0 aromatic carbocycles. The summed E-state index contributed by atoms with van der Waals surface area (Å²) in [4.78, 5) is 0. The summed E-state index contributed by atoms with van der Waals surface area (Å²) in [5, 5.41) is 10.8. The van der Waals surface area contributed by atoms with Gasteiger partial charge in [0.2, 0.25) is 0 Å². The van der Waals surface area contributed by atoms with Crippen molar-refractivity contribution in [2.45, 2.75) is 74.3 Å². The van der Waals surface area contributed by atoms with E-state index in [-0.39, 0.29) is 16.9 Å². The topological polar surface area (TPSA) is 20.2 Å². The summed E-state index contributed by atoms with van der Waals surface area (Å²) in [6, 6.07) is 0. The molecule has 103 valence electrons. The first kappa shape index (κ1) is 17.0. The highest BCUT2D eigenvalue weighted by atomic mass is 16.3. The lowest BCUT2D eigenvalue weighted by molar-refractivity contribution is -0.0385. The monoisotopic (exact) mass is 241 g/mol. The molecule has 0 fully saturated rings. The molecule has 3 unspecified atom stereocenters. The third-order valence-electron chi connectivity index (χ3n) is 3.98. The highest BCUT2D eigenvalue weighted by molar-refractivity contribution is 4.90. The summed E-state index contributed by atoms with van der Waals surface area (Å²) in [6.45, 7) is 17.7. The average molecular weight is 241 g/mol. The molecule has 0 rings (SSSR count). The van der Waals surface area contributed by atoms with Crippen LogP contribution in [0.15, 0.2) is 0 Å². The Hall–Kier alpha value is -0.0400. The average Bonchev–Trinajstić information content (AvgIpc) is 2.10. The fourth-order valence-corrected chi connectivity index (χ4v) is 2.91. The van der Waals surface area contributed by atoms with Gasteiger partial charge in [-0.25, -0.2) is 0 Å². The molecule has 3 atom stereocenters. The molecule has 0 saturated heterocycles. The molecule has 1 heteroatoms. The van der Waals surface area contributed by atoms with E-state index in [0.717, 1.165) is 12.8 Å². The summed E-state index contributed by atoms with van der Waals surface area (Å²) in [5.74, 6) is 0.711. The molecule has 0 aromatic heterocycles. The van der Waals surface area contributed by atoms with Crippen LogP contribution < -0.4 is 0 Å².